The van der Waals surface area contributed by atoms with Gasteiger partial charge in [-0.15, -0.1) is 0 Å². The van der Waals surface area contributed by atoms with E-state index in [4.69, 9.17) is 5.11 Å². The average molecular weight is 182 g/mol. The summed E-state index contributed by atoms with van der Waals surface area (Å²) in [6.45, 7) is 0.757. The Hall–Kier alpha value is -1.45. The van der Waals surface area contributed by atoms with Crippen molar-refractivity contribution in [3.05, 3.63) is 18.3 Å². The topological polar surface area (TPSA) is 56.3 Å². The van der Waals surface area contributed by atoms with Crippen LogP contribution in [0.1, 0.15) is 12.8 Å². The summed E-state index contributed by atoms with van der Waals surface area (Å²) in [4.78, 5) is 15.3. The predicted octanol–water partition coefficient (Wildman–Crippen LogP) is 1.32. The molecule has 0 aromatic carbocycles. The van der Waals surface area contributed by atoms with Gasteiger partial charge in [-0.25, -0.2) is 0 Å². The number of aromatic amines is 1. The zero-order valence-electron chi connectivity index (χ0n) is 7.66. The lowest BCUT2D eigenvalue weighted by Gasteiger charge is -2.16. The van der Waals surface area contributed by atoms with E-state index in [-0.39, 0.29) is 6.42 Å². The van der Waals surface area contributed by atoms with E-state index in [9.17, 15) is 4.79 Å². The Morgan fingerprint density at radius 3 is 3.00 bits per heavy atom. The number of hydrogen-bond acceptors (Lipinski definition) is 2. The number of nitrogens with one attached hydrogen (secondary N) is 1. The van der Waals surface area contributed by atoms with E-state index in [0.717, 1.165) is 12.4 Å². The van der Waals surface area contributed by atoms with E-state index in [1.807, 2.05) is 30.3 Å². The molecule has 0 aliphatic carbocycles. The number of nitrogens with zero attached hydrogens (tertiary/aromatic N) is 1. The van der Waals surface area contributed by atoms with Crippen LogP contribution in [0.2, 0.25) is 0 Å². The Bertz CT molecular complexity index is 257. The van der Waals surface area contributed by atoms with Crippen molar-refractivity contribution >= 4 is 11.8 Å². The molecule has 0 amide bonds. The molecule has 1 aromatic heterocycles. The lowest BCUT2D eigenvalue weighted by atomic mass is 10.3. The number of carboxylic acid groups (broad SMARTS) is 1. The molecule has 0 spiro atoms. The van der Waals surface area contributed by atoms with Crippen LogP contribution in [0.3, 0.4) is 0 Å². The summed E-state index contributed by atoms with van der Waals surface area (Å²) in [5.41, 5.74) is 0. The highest BCUT2D eigenvalue weighted by molar-refractivity contribution is 5.66. The number of aromatic nitrogens is 1. The van der Waals surface area contributed by atoms with E-state index in [1.54, 1.807) is 0 Å². The van der Waals surface area contributed by atoms with Crippen LogP contribution < -0.4 is 4.90 Å². The number of anilines is 1. The van der Waals surface area contributed by atoms with Gasteiger partial charge in [-0.2, -0.15) is 0 Å². The summed E-state index contributed by atoms with van der Waals surface area (Å²) in [5.74, 6) is 0.283. The molecule has 1 rings (SSSR count). The minimum Gasteiger partial charge on any atom is -0.481 e. The fraction of sp³-hybridized carbons (Fsp3) is 0.444. The first-order valence-electron chi connectivity index (χ1n) is 4.26. The highest BCUT2D eigenvalue weighted by Crippen LogP contribution is 2.08. The van der Waals surface area contributed by atoms with Gasteiger partial charge in [0.2, 0.25) is 0 Å². The van der Waals surface area contributed by atoms with Gasteiger partial charge >= 0.3 is 5.97 Å². The molecular weight excluding hydrogens is 168 g/mol. The molecule has 0 saturated heterocycles. The van der Waals surface area contributed by atoms with Crippen molar-refractivity contribution in [1.82, 2.24) is 4.98 Å². The molecule has 2 N–H and O–H groups in total. The molecule has 1 heterocycles. The summed E-state index contributed by atoms with van der Waals surface area (Å²) in [5, 5.41) is 8.43. The number of aliphatic carboxylic acids is 1. The van der Waals surface area contributed by atoms with Crippen LogP contribution in [-0.2, 0) is 4.79 Å². The van der Waals surface area contributed by atoms with Gasteiger partial charge < -0.3 is 15.0 Å². The van der Waals surface area contributed by atoms with Crippen molar-refractivity contribution in [3.8, 4) is 0 Å². The van der Waals surface area contributed by atoms with Crippen LogP contribution in [0.4, 0.5) is 5.82 Å². The molecule has 0 aliphatic heterocycles. The van der Waals surface area contributed by atoms with Crippen LogP contribution >= 0.6 is 0 Å². The van der Waals surface area contributed by atoms with Crippen molar-refractivity contribution in [2.24, 2.45) is 0 Å². The van der Waals surface area contributed by atoms with Gasteiger partial charge in [-0.05, 0) is 18.6 Å². The van der Waals surface area contributed by atoms with Gasteiger partial charge in [0.05, 0.1) is 0 Å². The molecule has 13 heavy (non-hydrogen) atoms. The van der Waals surface area contributed by atoms with Gasteiger partial charge in [-0.1, -0.05) is 0 Å². The fourth-order valence-corrected chi connectivity index (χ4v) is 1.15. The molecule has 4 nitrogen and oxygen atoms in total. The Morgan fingerprint density at radius 2 is 2.46 bits per heavy atom. The number of H-pyrrole nitrogens is 1. The first-order chi connectivity index (χ1) is 6.20. The maximum atomic E-state index is 10.2. The molecule has 1 aromatic rings. The third-order valence-electron chi connectivity index (χ3n) is 1.88. The van der Waals surface area contributed by atoms with Gasteiger partial charge in [0.15, 0.2) is 0 Å². The minimum absolute atomic E-state index is 0.227. The van der Waals surface area contributed by atoms with Gasteiger partial charge in [0.1, 0.15) is 5.82 Å². The van der Waals surface area contributed by atoms with E-state index >= 15 is 0 Å². The van der Waals surface area contributed by atoms with Crippen LogP contribution in [0, 0.1) is 0 Å². The fourth-order valence-electron chi connectivity index (χ4n) is 1.15. The highest BCUT2D eigenvalue weighted by Gasteiger charge is 2.02. The molecular formula is C9H14N2O2. The van der Waals surface area contributed by atoms with E-state index in [1.165, 1.54) is 0 Å². The van der Waals surface area contributed by atoms with Crippen molar-refractivity contribution in [2.45, 2.75) is 12.8 Å². The molecule has 0 fully saturated rings. The summed E-state index contributed by atoms with van der Waals surface area (Å²) in [7, 11) is 1.94. The zero-order chi connectivity index (χ0) is 9.68. The normalized spacial score (nSPS) is 9.92. The second-order valence-electron chi connectivity index (χ2n) is 2.97. The summed E-state index contributed by atoms with van der Waals surface area (Å²) in [6.07, 6.45) is 2.75. The van der Waals surface area contributed by atoms with Crippen LogP contribution in [0.25, 0.3) is 0 Å². The standard InChI is InChI=1S/C9H14N2O2/c1-11(7-3-5-9(12)13)8-4-2-6-10-8/h2,4,6,10H,3,5,7H2,1H3,(H,12,13). The molecule has 0 aliphatic rings. The monoisotopic (exact) mass is 182 g/mol. The zero-order valence-corrected chi connectivity index (χ0v) is 7.66. The summed E-state index contributed by atoms with van der Waals surface area (Å²) in [6, 6.07) is 3.88. The quantitative estimate of drug-likeness (QED) is 0.722. The molecule has 0 radical (unpaired) electrons. The van der Waals surface area contributed by atoms with Crippen LogP contribution in [0.15, 0.2) is 18.3 Å². The lowest BCUT2D eigenvalue weighted by Crippen LogP contribution is -2.19. The number of rotatable bonds is 5. The highest BCUT2D eigenvalue weighted by atomic mass is 16.4. The Labute approximate surface area is 77.2 Å². The molecule has 72 valence electrons. The SMILES string of the molecule is CN(CCCC(=O)O)c1ccc[nH]1. The summed E-state index contributed by atoms with van der Waals surface area (Å²) >= 11 is 0. The largest absolute Gasteiger partial charge is 0.481 e. The van der Waals surface area contributed by atoms with Gasteiger partial charge in [-0.3, -0.25) is 4.79 Å². The number of carboxylic acids is 1. The van der Waals surface area contributed by atoms with Crippen molar-refractivity contribution in [3.63, 3.8) is 0 Å². The lowest BCUT2D eigenvalue weighted by molar-refractivity contribution is -0.137. The molecule has 0 bridgehead atoms. The van der Waals surface area contributed by atoms with Gasteiger partial charge in [0.25, 0.3) is 0 Å². The first kappa shape index (κ1) is 9.64. The maximum absolute atomic E-state index is 10.2. The smallest absolute Gasteiger partial charge is 0.303 e. The molecule has 0 unspecified atom stereocenters. The molecule has 0 atom stereocenters. The number of carbonyl (C=O) groups is 1. The minimum atomic E-state index is -0.736. The Kier molecular flexibility index (Phi) is 3.37. The van der Waals surface area contributed by atoms with Gasteiger partial charge in [0, 0.05) is 26.2 Å². The van der Waals surface area contributed by atoms with Crippen molar-refractivity contribution in [2.75, 3.05) is 18.5 Å². The third kappa shape index (κ3) is 3.19. The van der Waals surface area contributed by atoms with Crippen LogP contribution in [-0.4, -0.2) is 29.7 Å². The van der Waals surface area contributed by atoms with Crippen molar-refractivity contribution in [1.29, 1.82) is 0 Å². The van der Waals surface area contributed by atoms with E-state index in [2.05, 4.69) is 4.98 Å². The number of hydrogen-bond donors (Lipinski definition) is 2. The van der Waals surface area contributed by atoms with E-state index < -0.39 is 5.97 Å². The average Bonchev–Trinajstić information content (AvgIpc) is 2.55. The predicted molar refractivity (Wildman–Crippen MR) is 50.9 cm³/mol. The van der Waals surface area contributed by atoms with E-state index in [0.29, 0.717) is 6.42 Å². The third-order valence-corrected chi connectivity index (χ3v) is 1.88. The maximum Gasteiger partial charge on any atom is 0.303 e. The second-order valence-corrected chi connectivity index (χ2v) is 2.97. The Balaban J connectivity index is 2.26. The first-order valence-corrected chi connectivity index (χ1v) is 4.26. The van der Waals surface area contributed by atoms with Crippen LogP contribution in [0.5, 0.6) is 0 Å². The van der Waals surface area contributed by atoms with Crippen molar-refractivity contribution < 1.29 is 9.90 Å². The molecule has 0 saturated carbocycles. The molecule has 4 heteroatoms. The Morgan fingerprint density at radius 1 is 1.69 bits per heavy atom. The summed E-state index contributed by atoms with van der Waals surface area (Å²) < 4.78 is 0. The second kappa shape index (κ2) is 4.54.